The maximum Gasteiger partial charge on any atom is 0.320 e. The van der Waals surface area contributed by atoms with Crippen molar-refractivity contribution in [3.63, 3.8) is 0 Å². The van der Waals surface area contributed by atoms with Gasteiger partial charge in [0.25, 0.3) is 0 Å². The molecule has 2 aromatic carbocycles. The first kappa shape index (κ1) is 13.5. The van der Waals surface area contributed by atoms with Crippen LogP contribution < -0.4 is 5.73 Å². The first-order valence-electron chi connectivity index (χ1n) is 5.13. The monoisotopic (exact) mass is 251 g/mol. The van der Waals surface area contributed by atoms with E-state index in [0.29, 0.717) is 6.42 Å². The summed E-state index contributed by atoms with van der Waals surface area (Å²) in [4.78, 5) is 10.6. The number of rotatable bonds is 3. The number of carboxylic acids is 1. The predicted molar refractivity (Wildman–Crippen MR) is 70.5 cm³/mol. The lowest BCUT2D eigenvalue weighted by molar-refractivity contribution is -0.138. The van der Waals surface area contributed by atoms with Crippen LogP contribution in [-0.4, -0.2) is 17.1 Å². The van der Waals surface area contributed by atoms with Crippen LogP contribution in [0.1, 0.15) is 5.56 Å². The Morgan fingerprint density at radius 3 is 2.47 bits per heavy atom. The number of hydrogen-bond donors (Lipinski definition) is 2. The van der Waals surface area contributed by atoms with Crippen molar-refractivity contribution in [3.8, 4) is 0 Å². The minimum Gasteiger partial charge on any atom is -0.480 e. The molecule has 2 rings (SSSR count). The van der Waals surface area contributed by atoms with Gasteiger partial charge >= 0.3 is 5.97 Å². The van der Waals surface area contributed by atoms with Crippen LogP contribution in [0.25, 0.3) is 10.8 Å². The third kappa shape index (κ3) is 3.19. The van der Waals surface area contributed by atoms with Crippen LogP contribution in [0.4, 0.5) is 0 Å². The highest BCUT2D eigenvalue weighted by Crippen LogP contribution is 2.16. The molecule has 0 aliphatic carbocycles. The SMILES string of the molecule is Cl.NC(Cc1ccc2ccccc2c1)C(=O)O. The first-order chi connectivity index (χ1) is 7.66. The Kier molecular flexibility index (Phi) is 4.49. The van der Waals surface area contributed by atoms with E-state index in [1.165, 1.54) is 0 Å². The minimum absolute atomic E-state index is 0. The molecule has 0 aliphatic rings. The summed E-state index contributed by atoms with van der Waals surface area (Å²) in [6, 6.07) is 13.0. The average molecular weight is 252 g/mol. The summed E-state index contributed by atoms with van der Waals surface area (Å²) >= 11 is 0. The van der Waals surface area contributed by atoms with Gasteiger partial charge in [-0.05, 0) is 22.8 Å². The molecule has 3 N–H and O–H groups in total. The first-order valence-corrected chi connectivity index (χ1v) is 5.13. The molecule has 0 radical (unpaired) electrons. The number of carboxylic acid groups (broad SMARTS) is 1. The molecule has 90 valence electrons. The fraction of sp³-hybridized carbons (Fsp3) is 0.154. The van der Waals surface area contributed by atoms with Gasteiger partial charge in [0.1, 0.15) is 6.04 Å². The highest BCUT2D eigenvalue weighted by molar-refractivity contribution is 5.85. The largest absolute Gasteiger partial charge is 0.480 e. The third-order valence-corrected chi connectivity index (χ3v) is 2.59. The molecular formula is C13H14ClNO2. The zero-order valence-electron chi connectivity index (χ0n) is 9.17. The van der Waals surface area contributed by atoms with Crippen molar-refractivity contribution in [2.24, 2.45) is 5.73 Å². The summed E-state index contributed by atoms with van der Waals surface area (Å²) in [7, 11) is 0. The van der Waals surface area contributed by atoms with Gasteiger partial charge < -0.3 is 10.8 Å². The fourth-order valence-electron chi connectivity index (χ4n) is 1.71. The maximum absolute atomic E-state index is 10.6. The molecule has 0 bridgehead atoms. The molecule has 0 amide bonds. The summed E-state index contributed by atoms with van der Waals surface area (Å²) < 4.78 is 0. The summed E-state index contributed by atoms with van der Waals surface area (Å²) in [6.45, 7) is 0. The van der Waals surface area contributed by atoms with Crippen LogP contribution in [0.5, 0.6) is 0 Å². The Morgan fingerprint density at radius 2 is 1.82 bits per heavy atom. The van der Waals surface area contributed by atoms with Gasteiger partial charge in [-0.15, -0.1) is 12.4 Å². The molecule has 0 saturated carbocycles. The Hall–Kier alpha value is -1.58. The lowest BCUT2D eigenvalue weighted by Gasteiger charge is -2.07. The second kappa shape index (κ2) is 5.66. The Labute approximate surface area is 106 Å². The smallest absolute Gasteiger partial charge is 0.320 e. The van der Waals surface area contributed by atoms with Gasteiger partial charge in [0, 0.05) is 0 Å². The lowest BCUT2D eigenvalue weighted by atomic mass is 10.0. The number of fused-ring (bicyclic) bond motifs is 1. The van der Waals surface area contributed by atoms with Crippen molar-refractivity contribution >= 4 is 29.1 Å². The Balaban J connectivity index is 0.00000144. The summed E-state index contributed by atoms with van der Waals surface area (Å²) in [5.41, 5.74) is 6.45. The van der Waals surface area contributed by atoms with E-state index < -0.39 is 12.0 Å². The average Bonchev–Trinajstić information content (AvgIpc) is 2.28. The molecule has 0 heterocycles. The number of hydrogen-bond acceptors (Lipinski definition) is 2. The van der Waals surface area contributed by atoms with Gasteiger partial charge in [-0.25, -0.2) is 0 Å². The summed E-state index contributed by atoms with van der Waals surface area (Å²) in [6.07, 6.45) is 0.361. The van der Waals surface area contributed by atoms with Gasteiger partial charge in [-0.2, -0.15) is 0 Å². The standard InChI is InChI=1S/C13H13NO2.ClH/c14-12(13(15)16)8-9-5-6-10-3-1-2-4-11(10)7-9;/h1-7,12H,8,14H2,(H,15,16);1H. The number of benzene rings is 2. The van der Waals surface area contributed by atoms with Gasteiger partial charge in [-0.1, -0.05) is 42.5 Å². The van der Waals surface area contributed by atoms with Gasteiger partial charge in [0.15, 0.2) is 0 Å². The van der Waals surface area contributed by atoms with Crippen LogP contribution >= 0.6 is 12.4 Å². The number of carbonyl (C=O) groups is 1. The molecule has 17 heavy (non-hydrogen) atoms. The number of nitrogens with two attached hydrogens (primary N) is 1. The van der Waals surface area contributed by atoms with Crippen molar-refractivity contribution in [3.05, 3.63) is 48.0 Å². The van der Waals surface area contributed by atoms with E-state index in [1.54, 1.807) is 0 Å². The van der Waals surface area contributed by atoms with Crippen LogP contribution in [0, 0.1) is 0 Å². The van der Waals surface area contributed by atoms with E-state index in [9.17, 15) is 4.79 Å². The molecule has 1 unspecified atom stereocenters. The van der Waals surface area contributed by atoms with Crippen molar-refractivity contribution in [2.75, 3.05) is 0 Å². The predicted octanol–water partition coefficient (Wildman–Crippen LogP) is 2.22. The third-order valence-electron chi connectivity index (χ3n) is 2.59. The van der Waals surface area contributed by atoms with E-state index in [-0.39, 0.29) is 12.4 Å². The van der Waals surface area contributed by atoms with E-state index in [2.05, 4.69) is 0 Å². The van der Waals surface area contributed by atoms with Crippen molar-refractivity contribution in [1.82, 2.24) is 0 Å². The number of aliphatic carboxylic acids is 1. The van der Waals surface area contributed by atoms with E-state index >= 15 is 0 Å². The molecule has 0 fully saturated rings. The van der Waals surface area contributed by atoms with Crippen LogP contribution in [0.3, 0.4) is 0 Å². The number of halogens is 1. The van der Waals surface area contributed by atoms with Crippen molar-refractivity contribution in [1.29, 1.82) is 0 Å². The van der Waals surface area contributed by atoms with Crippen molar-refractivity contribution < 1.29 is 9.90 Å². The van der Waals surface area contributed by atoms with Gasteiger partial charge in [0.05, 0.1) is 0 Å². The quantitative estimate of drug-likeness (QED) is 0.879. The molecule has 2 aromatic rings. The van der Waals surface area contributed by atoms with Crippen molar-refractivity contribution in [2.45, 2.75) is 12.5 Å². The van der Waals surface area contributed by atoms with Crippen LogP contribution in [0.2, 0.25) is 0 Å². The Morgan fingerprint density at radius 1 is 1.18 bits per heavy atom. The van der Waals surface area contributed by atoms with E-state index in [1.807, 2.05) is 42.5 Å². The Bertz CT molecular complexity index is 528. The highest BCUT2D eigenvalue weighted by atomic mass is 35.5. The molecule has 0 spiro atoms. The highest BCUT2D eigenvalue weighted by Gasteiger charge is 2.11. The molecule has 0 aromatic heterocycles. The second-order valence-electron chi connectivity index (χ2n) is 3.83. The zero-order chi connectivity index (χ0) is 11.5. The maximum atomic E-state index is 10.6. The topological polar surface area (TPSA) is 63.3 Å². The molecule has 0 saturated heterocycles. The molecule has 3 nitrogen and oxygen atoms in total. The van der Waals surface area contributed by atoms with Crippen LogP contribution in [-0.2, 0) is 11.2 Å². The summed E-state index contributed by atoms with van der Waals surface area (Å²) in [5, 5.41) is 11.0. The van der Waals surface area contributed by atoms with Gasteiger partial charge in [0.2, 0.25) is 0 Å². The zero-order valence-corrected chi connectivity index (χ0v) is 9.98. The van der Waals surface area contributed by atoms with E-state index in [0.717, 1.165) is 16.3 Å². The molecule has 1 atom stereocenters. The molecule has 4 heteroatoms. The fourth-order valence-corrected chi connectivity index (χ4v) is 1.71. The van der Waals surface area contributed by atoms with E-state index in [4.69, 9.17) is 10.8 Å². The molecular weight excluding hydrogens is 238 g/mol. The van der Waals surface area contributed by atoms with Crippen LogP contribution in [0.15, 0.2) is 42.5 Å². The summed E-state index contributed by atoms with van der Waals surface area (Å²) in [5.74, 6) is -0.965. The normalized spacial score (nSPS) is 11.8. The minimum atomic E-state index is -0.965. The molecule has 0 aliphatic heterocycles. The van der Waals surface area contributed by atoms with Gasteiger partial charge in [-0.3, -0.25) is 4.79 Å². The second-order valence-corrected chi connectivity index (χ2v) is 3.83. The lowest BCUT2D eigenvalue weighted by Crippen LogP contribution is -2.32.